The topological polar surface area (TPSA) is 0 Å². The summed E-state index contributed by atoms with van der Waals surface area (Å²) in [6.45, 7) is 2.28. The lowest BCUT2D eigenvalue weighted by Crippen LogP contribution is -1.91. The van der Waals surface area contributed by atoms with E-state index in [9.17, 15) is 0 Å². The second-order valence-corrected chi connectivity index (χ2v) is 5.19. The quantitative estimate of drug-likeness (QED) is 0.533. The van der Waals surface area contributed by atoms with Crippen molar-refractivity contribution in [3.05, 3.63) is 23.3 Å². The van der Waals surface area contributed by atoms with E-state index in [4.69, 9.17) is 0 Å². The molecule has 0 saturated heterocycles. The molecule has 1 saturated carbocycles. The van der Waals surface area contributed by atoms with E-state index in [2.05, 4.69) is 19.1 Å². The molecule has 2 aliphatic carbocycles. The summed E-state index contributed by atoms with van der Waals surface area (Å²) in [7, 11) is 0. The first-order valence-corrected chi connectivity index (χ1v) is 6.77. The normalized spacial score (nSPS) is 24.7. The van der Waals surface area contributed by atoms with Crippen molar-refractivity contribution in [1.82, 2.24) is 0 Å². The largest absolute Gasteiger partial charge is 0.0843 e. The molecule has 0 aromatic heterocycles. The van der Waals surface area contributed by atoms with Gasteiger partial charge in [-0.15, -0.1) is 0 Å². The van der Waals surface area contributed by atoms with Crippen molar-refractivity contribution in [2.24, 2.45) is 5.92 Å². The van der Waals surface area contributed by atoms with Crippen LogP contribution in [0.25, 0.3) is 0 Å². The Labute approximate surface area is 94.5 Å². The zero-order valence-corrected chi connectivity index (χ0v) is 10.1. The molecule has 1 atom stereocenters. The second-order valence-electron chi connectivity index (χ2n) is 5.19. The lowest BCUT2D eigenvalue weighted by atomic mass is 9.98. The molecule has 0 nitrogen and oxygen atoms in total. The Morgan fingerprint density at radius 3 is 2.80 bits per heavy atom. The highest BCUT2D eigenvalue weighted by Gasteiger charge is 2.28. The summed E-state index contributed by atoms with van der Waals surface area (Å²) in [5, 5.41) is 0. The van der Waals surface area contributed by atoms with Crippen LogP contribution < -0.4 is 0 Å². The molecule has 1 unspecified atom stereocenters. The van der Waals surface area contributed by atoms with Gasteiger partial charge < -0.3 is 0 Å². The van der Waals surface area contributed by atoms with Gasteiger partial charge in [0.2, 0.25) is 0 Å². The molecule has 2 bridgehead atoms. The molecule has 84 valence electrons. The van der Waals surface area contributed by atoms with Gasteiger partial charge in [0.1, 0.15) is 0 Å². The van der Waals surface area contributed by atoms with E-state index in [-0.39, 0.29) is 0 Å². The average molecular weight is 204 g/mol. The maximum Gasteiger partial charge on any atom is -0.0248 e. The van der Waals surface area contributed by atoms with Gasteiger partial charge in [-0.1, -0.05) is 43.9 Å². The number of unbranched alkanes of at least 4 members (excludes halogenated alkanes) is 4. The summed E-state index contributed by atoms with van der Waals surface area (Å²) in [6.07, 6.45) is 17.4. The number of rotatable bonds is 6. The third kappa shape index (κ3) is 2.96. The van der Waals surface area contributed by atoms with Gasteiger partial charge in [-0.3, -0.25) is 0 Å². The molecule has 0 aliphatic heterocycles. The Morgan fingerprint density at radius 1 is 1.20 bits per heavy atom. The van der Waals surface area contributed by atoms with Crippen molar-refractivity contribution in [2.45, 2.75) is 64.7 Å². The van der Waals surface area contributed by atoms with E-state index in [1.807, 2.05) is 0 Å². The summed E-state index contributed by atoms with van der Waals surface area (Å²) in [5.74, 6) is 1.03. The zero-order valence-electron chi connectivity index (χ0n) is 10.1. The summed E-state index contributed by atoms with van der Waals surface area (Å²) < 4.78 is 0. The van der Waals surface area contributed by atoms with Crippen molar-refractivity contribution in [3.8, 4) is 0 Å². The fourth-order valence-electron chi connectivity index (χ4n) is 2.95. The average Bonchev–Trinajstić information content (AvgIpc) is 2.85. The highest BCUT2D eigenvalue weighted by atomic mass is 14.3. The second kappa shape index (κ2) is 5.53. The number of hydrogen-bond donors (Lipinski definition) is 0. The number of fused-ring (bicyclic) bond motifs is 2. The molecular formula is C15H24. The van der Waals surface area contributed by atoms with Crippen LogP contribution in [0.4, 0.5) is 0 Å². The summed E-state index contributed by atoms with van der Waals surface area (Å²) in [4.78, 5) is 0. The molecule has 1 fully saturated rings. The molecule has 0 N–H and O–H groups in total. The van der Waals surface area contributed by atoms with Crippen LogP contribution >= 0.6 is 0 Å². The van der Waals surface area contributed by atoms with Crippen LogP contribution in [0.3, 0.4) is 0 Å². The van der Waals surface area contributed by atoms with Crippen LogP contribution in [0.15, 0.2) is 23.3 Å². The van der Waals surface area contributed by atoms with Crippen LogP contribution in [0.1, 0.15) is 64.7 Å². The Morgan fingerprint density at radius 2 is 2.13 bits per heavy atom. The molecule has 2 aliphatic rings. The molecule has 0 radical (unpaired) electrons. The highest BCUT2D eigenvalue weighted by molar-refractivity contribution is 5.33. The fraction of sp³-hybridized carbons (Fsp3) is 0.733. The first-order valence-electron chi connectivity index (χ1n) is 6.77. The van der Waals surface area contributed by atoms with Gasteiger partial charge in [0, 0.05) is 0 Å². The van der Waals surface area contributed by atoms with Crippen LogP contribution in [0.5, 0.6) is 0 Å². The molecule has 15 heavy (non-hydrogen) atoms. The molecular weight excluding hydrogens is 180 g/mol. The van der Waals surface area contributed by atoms with Gasteiger partial charge in [0.25, 0.3) is 0 Å². The first-order chi connectivity index (χ1) is 7.40. The Bertz CT molecular complexity index is 257. The van der Waals surface area contributed by atoms with Gasteiger partial charge >= 0.3 is 0 Å². The molecule has 0 heteroatoms. The van der Waals surface area contributed by atoms with Crippen molar-refractivity contribution in [1.29, 1.82) is 0 Å². The van der Waals surface area contributed by atoms with Gasteiger partial charge in [-0.2, -0.15) is 0 Å². The van der Waals surface area contributed by atoms with Gasteiger partial charge in [0.15, 0.2) is 0 Å². The van der Waals surface area contributed by atoms with E-state index in [0.717, 1.165) is 5.92 Å². The molecule has 0 aromatic carbocycles. The molecule has 0 heterocycles. The molecule has 0 aromatic rings. The maximum atomic E-state index is 2.43. The number of hydrogen-bond acceptors (Lipinski definition) is 0. The lowest BCUT2D eigenvalue weighted by molar-refractivity contribution is 0.567. The van der Waals surface area contributed by atoms with E-state index in [1.54, 1.807) is 11.1 Å². The van der Waals surface area contributed by atoms with E-state index in [1.165, 1.54) is 57.8 Å². The summed E-state index contributed by atoms with van der Waals surface area (Å²) in [5.41, 5.74) is 3.48. The third-order valence-electron chi connectivity index (χ3n) is 3.90. The highest BCUT2D eigenvalue weighted by Crippen LogP contribution is 2.44. The lowest BCUT2D eigenvalue weighted by Gasteiger charge is -2.07. The smallest absolute Gasteiger partial charge is 0.0248 e. The van der Waals surface area contributed by atoms with Crippen molar-refractivity contribution in [3.63, 3.8) is 0 Å². The fourth-order valence-corrected chi connectivity index (χ4v) is 2.95. The minimum atomic E-state index is 1.03. The van der Waals surface area contributed by atoms with Crippen LogP contribution in [-0.4, -0.2) is 0 Å². The number of allylic oxidation sites excluding steroid dienone is 4. The van der Waals surface area contributed by atoms with Crippen molar-refractivity contribution >= 4 is 0 Å². The maximum absolute atomic E-state index is 2.43. The first kappa shape index (κ1) is 11.0. The minimum absolute atomic E-state index is 1.03. The minimum Gasteiger partial charge on any atom is -0.0843 e. The monoisotopic (exact) mass is 204 g/mol. The Balaban J connectivity index is 1.66. The van der Waals surface area contributed by atoms with Crippen LogP contribution in [0.2, 0.25) is 0 Å². The summed E-state index contributed by atoms with van der Waals surface area (Å²) >= 11 is 0. The standard InChI is InChI=1S/C15H24/c1-2-3-4-5-6-7-8-14-11-13-9-10-15(14)12-13/h7-8,13H,2-6,9-12H2,1H3. The Hall–Kier alpha value is -0.520. The van der Waals surface area contributed by atoms with Gasteiger partial charge in [-0.25, -0.2) is 0 Å². The van der Waals surface area contributed by atoms with Crippen molar-refractivity contribution < 1.29 is 0 Å². The predicted molar refractivity (Wildman–Crippen MR) is 66.9 cm³/mol. The predicted octanol–water partition coefficient (Wildman–Crippen LogP) is 5.01. The van der Waals surface area contributed by atoms with E-state index in [0.29, 0.717) is 0 Å². The zero-order chi connectivity index (χ0) is 10.5. The van der Waals surface area contributed by atoms with E-state index < -0.39 is 0 Å². The van der Waals surface area contributed by atoms with Crippen LogP contribution in [-0.2, 0) is 0 Å². The third-order valence-corrected chi connectivity index (χ3v) is 3.90. The summed E-state index contributed by atoms with van der Waals surface area (Å²) in [6, 6.07) is 0. The molecule has 2 rings (SSSR count). The Kier molecular flexibility index (Phi) is 4.05. The SMILES string of the molecule is CCCCCCC=CC1=C2CCC(C1)C2. The molecule has 0 spiro atoms. The van der Waals surface area contributed by atoms with Gasteiger partial charge in [0.05, 0.1) is 0 Å². The van der Waals surface area contributed by atoms with Gasteiger partial charge in [-0.05, 0) is 50.0 Å². The molecule has 0 amide bonds. The van der Waals surface area contributed by atoms with Crippen molar-refractivity contribution in [2.75, 3.05) is 0 Å². The van der Waals surface area contributed by atoms with Crippen LogP contribution in [0, 0.1) is 5.92 Å². The van der Waals surface area contributed by atoms with E-state index >= 15 is 0 Å².